The van der Waals surface area contributed by atoms with Crippen LogP contribution in [0.15, 0.2) is 42.7 Å². The number of hydrogen-bond donors (Lipinski definition) is 1. The number of nitrogens with zero attached hydrogens (tertiary/aromatic N) is 5. The van der Waals surface area contributed by atoms with Crippen LogP contribution in [0.5, 0.6) is 0 Å². The van der Waals surface area contributed by atoms with E-state index >= 15 is 0 Å². The molecule has 0 radical (unpaired) electrons. The highest BCUT2D eigenvalue weighted by atomic mass is 15.4. The molecule has 1 aromatic carbocycles. The standard InChI is InChI=1S/C19H22N6/c1-2-4-15(5-3-1)17-10-18(25-19(23-17)20-13-21-25)22-16-8-9-24(12-16)11-14-6-7-14/h1-5,10,13-14,16,22H,6-9,11-12H2. The zero-order valence-corrected chi connectivity index (χ0v) is 14.2. The summed E-state index contributed by atoms with van der Waals surface area (Å²) in [4.78, 5) is 11.5. The van der Waals surface area contributed by atoms with Crippen molar-refractivity contribution in [2.24, 2.45) is 5.92 Å². The number of nitrogens with one attached hydrogen (secondary N) is 1. The van der Waals surface area contributed by atoms with Crippen LogP contribution in [0.3, 0.4) is 0 Å². The van der Waals surface area contributed by atoms with Crippen LogP contribution in [0, 0.1) is 5.92 Å². The molecule has 2 aliphatic rings. The summed E-state index contributed by atoms with van der Waals surface area (Å²) in [5.41, 5.74) is 2.02. The van der Waals surface area contributed by atoms with Crippen LogP contribution in [-0.2, 0) is 0 Å². The highest BCUT2D eigenvalue weighted by molar-refractivity contribution is 5.65. The van der Waals surface area contributed by atoms with Crippen molar-refractivity contribution in [3.05, 3.63) is 42.7 Å². The summed E-state index contributed by atoms with van der Waals surface area (Å²) < 4.78 is 1.80. The summed E-state index contributed by atoms with van der Waals surface area (Å²) in [6, 6.07) is 12.8. The van der Waals surface area contributed by atoms with Crippen molar-refractivity contribution in [2.45, 2.75) is 25.3 Å². The topological polar surface area (TPSA) is 58.4 Å². The molecule has 2 fully saturated rings. The number of rotatable bonds is 5. The fourth-order valence-corrected chi connectivity index (χ4v) is 3.66. The lowest BCUT2D eigenvalue weighted by atomic mass is 10.1. The molecule has 1 atom stereocenters. The Morgan fingerprint density at radius 1 is 1.12 bits per heavy atom. The second-order valence-corrected chi connectivity index (χ2v) is 7.20. The van der Waals surface area contributed by atoms with Crippen molar-refractivity contribution in [1.82, 2.24) is 24.5 Å². The lowest BCUT2D eigenvalue weighted by Crippen LogP contribution is -2.28. The third kappa shape index (κ3) is 3.09. The van der Waals surface area contributed by atoms with Gasteiger partial charge in [0.2, 0.25) is 0 Å². The van der Waals surface area contributed by atoms with Crippen LogP contribution in [-0.4, -0.2) is 50.2 Å². The summed E-state index contributed by atoms with van der Waals surface area (Å²) in [6.07, 6.45) is 5.57. The predicted octanol–water partition coefficient (Wildman–Crippen LogP) is 2.69. The minimum absolute atomic E-state index is 0.456. The third-order valence-corrected chi connectivity index (χ3v) is 5.16. The normalized spacial score (nSPS) is 21.0. The maximum atomic E-state index is 4.64. The molecule has 128 valence electrons. The summed E-state index contributed by atoms with van der Waals surface area (Å²) in [5.74, 6) is 2.56. The maximum Gasteiger partial charge on any atom is 0.254 e. The van der Waals surface area contributed by atoms with Crippen molar-refractivity contribution >= 4 is 11.6 Å². The molecule has 1 unspecified atom stereocenters. The summed E-state index contributed by atoms with van der Waals surface area (Å²) in [7, 11) is 0. The molecule has 1 saturated carbocycles. The van der Waals surface area contributed by atoms with Crippen molar-refractivity contribution in [1.29, 1.82) is 0 Å². The highest BCUT2D eigenvalue weighted by Crippen LogP contribution is 2.31. The average Bonchev–Trinajstić information content (AvgIpc) is 3.14. The number of hydrogen-bond acceptors (Lipinski definition) is 5. The van der Waals surface area contributed by atoms with Gasteiger partial charge in [-0.2, -0.15) is 14.6 Å². The minimum atomic E-state index is 0.456. The minimum Gasteiger partial charge on any atom is -0.366 e. The Bertz CT molecular complexity index is 870. The van der Waals surface area contributed by atoms with E-state index in [1.165, 1.54) is 32.4 Å². The van der Waals surface area contributed by atoms with E-state index in [4.69, 9.17) is 0 Å². The van der Waals surface area contributed by atoms with Crippen molar-refractivity contribution in [3.8, 4) is 11.3 Å². The Labute approximate surface area is 146 Å². The van der Waals surface area contributed by atoms with Crippen LogP contribution in [0.25, 0.3) is 17.0 Å². The second kappa shape index (κ2) is 6.11. The van der Waals surface area contributed by atoms with E-state index in [-0.39, 0.29) is 0 Å². The van der Waals surface area contributed by atoms with Crippen LogP contribution in [0.4, 0.5) is 5.82 Å². The first-order valence-electron chi connectivity index (χ1n) is 9.10. The Morgan fingerprint density at radius 3 is 2.84 bits per heavy atom. The van der Waals surface area contributed by atoms with Gasteiger partial charge in [-0.1, -0.05) is 30.3 Å². The van der Waals surface area contributed by atoms with E-state index in [2.05, 4.69) is 43.5 Å². The highest BCUT2D eigenvalue weighted by Gasteiger charge is 2.29. The van der Waals surface area contributed by atoms with Gasteiger partial charge in [-0.25, -0.2) is 4.98 Å². The molecule has 0 spiro atoms. The van der Waals surface area contributed by atoms with E-state index in [9.17, 15) is 0 Å². The van der Waals surface area contributed by atoms with Crippen molar-refractivity contribution < 1.29 is 0 Å². The monoisotopic (exact) mass is 334 g/mol. The van der Waals surface area contributed by atoms with Gasteiger partial charge in [0.15, 0.2) is 0 Å². The zero-order valence-electron chi connectivity index (χ0n) is 14.2. The van der Waals surface area contributed by atoms with Gasteiger partial charge in [0.05, 0.1) is 5.69 Å². The Hall–Kier alpha value is -2.47. The van der Waals surface area contributed by atoms with Gasteiger partial charge >= 0.3 is 0 Å². The summed E-state index contributed by atoms with van der Waals surface area (Å²) >= 11 is 0. The van der Waals surface area contributed by atoms with Gasteiger partial charge in [0.1, 0.15) is 12.1 Å². The van der Waals surface area contributed by atoms with E-state index in [0.29, 0.717) is 11.8 Å². The molecule has 25 heavy (non-hydrogen) atoms. The number of anilines is 1. The fourth-order valence-electron chi connectivity index (χ4n) is 3.66. The van der Waals surface area contributed by atoms with Crippen LogP contribution in [0.1, 0.15) is 19.3 Å². The van der Waals surface area contributed by atoms with E-state index in [1.807, 2.05) is 18.2 Å². The quantitative estimate of drug-likeness (QED) is 0.777. The summed E-state index contributed by atoms with van der Waals surface area (Å²) in [6.45, 7) is 3.56. The smallest absolute Gasteiger partial charge is 0.254 e. The molecule has 1 aliphatic heterocycles. The lowest BCUT2D eigenvalue weighted by molar-refractivity contribution is 0.322. The molecule has 3 heterocycles. The lowest BCUT2D eigenvalue weighted by Gasteiger charge is -2.17. The SMILES string of the molecule is c1ccc(-c2cc(NC3CCN(CC4CC4)C3)n3ncnc3n2)cc1. The molecule has 1 N–H and O–H groups in total. The number of benzene rings is 1. The molecular formula is C19H22N6. The predicted molar refractivity (Wildman–Crippen MR) is 97.4 cm³/mol. The molecule has 0 bridgehead atoms. The van der Waals surface area contributed by atoms with Gasteiger partial charge in [0, 0.05) is 37.3 Å². The number of likely N-dealkylation sites (tertiary alicyclic amines) is 1. The first-order valence-corrected chi connectivity index (χ1v) is 9.10. The molecule has 0 amide bonds. The fraction of sp³-hybridized carbons (Fsp3) is 0.421. The maximum absolute atomic E-state index is 4.64. The van der Waals surface area contributed by atoms with Gasteiger partial charge in [-0.05, 0) is 25.2 Å². The molecule has 3 aromatic rings. The molecule has 6 heteroatoms. The molecule has 5 rings (SSSR count). The van der Waals surface area contributed by atoms with E-state index in [1.54, 1.807) is 10.8 Å². The summed E-state index contributed by atoms with van der Waals surface area (Å²) in [5, 5.41) is 8.02. The first-order chi connectivity index (χ1) is 12.3. The Balaban J connectivity index is 1.41. The molecule has 1 saturated heterocycles. The van der Waals surface area contributed by atoms with Gasteiger partial charge in [-0.15, -0.1) is 0 Å². The van der Waals surface area contributed by atoms with E-state index < -0.39 is 0 Å². The largest absolute Gasteiger partial charge is 0.366 e. The third-order valence-electron chi connectivity index (χ3n) is 5.16. The zero-order chi connectivity index (χ0) is 16.6. The molecule has 1 aliphatic carbocycles. The molecule has 2 aromatic heterocycles. The number of aromatic nitrogens is 4. The number of fused-ring (bicyclic) bond motifs is 1. The van der Waals surface area contributed by atoms with Crippen molar-refractivity contribution in [2.75, 3.05) is 25.0 Å². The first kappa shape index (κ1) is 14.8. The van der Waals surface area contributed by atoms with Crippen LogP contribution < -0.4 is 5.32 Å². The Morgan fingerprint density at radius 2 is 2.00 bits per heavy atom. The second-order valence-electron chi connectivity index (χ2n) is 7.20. The molecule has 6 nitrogen and oxygen atoms in total. The van der Waals surface area contributed by atoms with Crippen LogP contribution >= 0.6 is 0 Å². The average molecular weight is 334 g/mol. The van der Waals surface area contributed by atoms with Gasteiger partial charge < -0.3 is 10.2 Å². The Kier molecular flexibility index (Phi) is 3.63. The van der Waals surface area contributed by atoms with Gasteiger partial charge in [0.25, 0.3) is 5.78 Å². The van der Waals surface area contributed by atoms with Crippen LogP contribution in [0.2, 0.25) is 0 Å². The van der Waals surface area contributed by atoms with Crippen molar-refractivity contribution in [3.63, 3.8) is 0 Å². The molecular weight excluding hydrogens is 312 g/mol. The van der Waals surface area contributed by atoms with E-state index in [0.717, 1.165) is 29.5 Å². The van der Waals surface area contributed by atoms with Gasteiger partial charge in [-0.3, -0.25) is 0 Å².